The van der Waals surface area contributed by atoms with Gasteiger partial charge in [-0.05, 0) is 12.1 Å². The molecule has 98 valence electrons. The predicted molar refractivity (Wildman–Crippen MR) is 70.7 cm³/mol. The molecule has 1 aromatic rings. The maximum atomic E-state index is 12.1. The van der Waals surface area contributed by atoms with E-state index < -0.39 is 10.0 Å². The summed E-state index contributed by atoms with van der Waals surface area (Å²) >= 11 is 0. The normalized spacial score (nSPS) is 17.4. The molecule has 0 atom stereocenters. The number of ether oxygens (including phenoxy) is 1. The van der Waals surface area contributed by atoms with Crippen LogP contribution < -0.4 is 10.1 Å². The van der Waals surface area contributed by atoms with Crippen LogP contribution in [0.1, 0.15) is 20.8 Å². The van der Waals surface area contributed by atoms with Gasteiger partial charge in [0, 0.05) is 5.41 Å². The number of sulfonamides is 1. The summed E-state index contributed by atoms with van der Waals surface area (Å²) in [5.41, 5.74) is 0.0749. The molecule has 0 amide bonds. The lowest BCUT2D eigenvalue weighted by Crippen LogP contribution is -2.32. The van der Waals surface area contributed by atoms with Crippen molar-refractivity contribution in [1.82, 2.24) is 0 Å². The fourth-order valence-corrected chi connectivity index (χ4v) is 2.97. The van der Waals surface area contributed by atoms with Crippen molar-refractivity contribution in [2.45, 2.75) is 25.7 Å². The fraction of sp³-hybridized carbons (Fsp3) is 0.417. The van der Waals surface area contributed by atoms with Gasteiger partial charge in [-0.1, -0.05) is 26.8 Å². The maximum Gasteiger partial charge on any atom is 0.286 e. The number of hydrogen-bond acceptors (Lipinski definition) is 4. The van der Waals surface area contributed by atoms with Crippen molar-refractivity contribution in [1.29, 1.82) is 0 Å². The molecule has 0 aromatic heterocycles. The van der Waals surface area contributed by atoms with E-state index in [4.69, 9.17) is 4.74 Å². The Morgan fingerprint density at radius 1 is 1.28 bits per heavy atom. The smallest absolute Gasteiger partial charge is 0.286 e. The van der Waals surface area contributed by atoms with E-state index in [0.717, 1.165) is 0 Å². The number of nitrogens with one attached hydrogen (secondary N) is 1. The molecule has 1 aromatic carbocycles. The Balaban J connectivity index is 2.67. The molecular formula is C12H16N2O3S. The van der Waals surface area contributed by atoms with Crippen LogP contribution in [-0.2, 0) is 10.0 Å². The Kier molecular flexibility index (Phi) is 2.85. The molecular weight excluding hydrogens is 252 g/mol. The van der Waals surface area contributed by atoms with Crippen LogP contribution in [0, 0.1) is 5.41 Å². The van der Waals surface area contributed by atoms with Crippen LogP contribution in [0.25, 0.3) is 0 Å². The summed E-state index contributed by atoms with van der Waals surface area (Å²) in [5, 5.41) is 3.06. The number of hydrogen-bond donors (Lipinski definition) is 1. The number of methoxy groups -OCH3 is 1. The van der Waals surface area contributed by atoms with Crippen molar-refractivity contribution >= 4 is 21.5 Å². The molecule has 2 rings (SSSR count). The second-order valence-electron chi connectivity index (χ2n) is 5.12. The molecule has 0 bridgehead atoms. The second-order valence-corrected chi connectivity index (χ2v) is 6.70. The topological polar surface area (TPSA) is 67.8 Å². The van der Waals surface area contributed by atoms with Crippen LogP contribution >= 0.6 is 0 Å². The lowest BCUT2D eigenvalue weighted by molar-refractivity contribution is 0.415. The average molecular weight is 268 g/mol. The zero-order valence-electron chi connectivity index (χ0n) is 10.8. The van der Waals surface area contributed by atoms with Crippen molar-refractivity contribution in [2.24, 2.45) is 9.81 Å². The van der Waals surface area contributed by atoms with Gasteiger partial charge in [-0.2, -0.15) is 8.42 Å². The van der Waals surface area contributed by atoms with E-state index in [1.807, 2.05) is 20.8 Å². The number of rotatable bonds is 1. The summed E-state index contributed by atoms with van der Waals surface area (Å²) in [6.45, 7) is 5.69. The van der Waals surface area contributed by atoms with Gasteiger partial charge in [0.2, 0.25) is 0 Å². The number of para-hydroxylation sites is 1. The summed E-state index contributed by atoms with van der Waals surface area (Å²) in [7, 11) is -2.16. The van der Waals surface area contributed by atoms with Crippen molar-refractivity contribution in [2.75, 3.05) is 12.4 Å². The first-order valence-corrected chi connectivity index (χ1v) is 6.99. The Labute approximate surface area is 107 Å². The highest BCUT2D eigenvalue weighted by molar-refractivity contribution is 7.90. The monoisotopic (exact) mass is 268 g/mol. The van der Waals surface area contributed by atoms with Crippen molar-refractivity contribution in [3.05, 3.63) is 18.2 Å². The number of anilines is 1. The zero-order valence-corrected chi connectivity index (χ0v) is 11.6. The van der Waals surface area contributed by atoms with E-state index in [9.17, 15) is 8.42 Å². The standard InChI is InChI=1S/C12H16N2O3S/c1-12(2,3)11-13-10-8(17-4)6-5-7-9(10)18(15,16)14-11/h5-7H,1-4H3,(H,13,14). The van der Waals surface area contributed by atoms with Gasteiger partial charge in [0.15, 0.2) is 0 Å². The maximum absolute atomic E-state index is 12.1. The lowest BCUT2D eigenvalue weighted by Gasteiger charge is -2.27. The summed E-state index contributed by atoms with van der Waals surface area (Å²) in [6.07, 6.45) is 0. The highest BCUT2D eigenvalue weighted by Crippen LogP contribution is 2.37. The molecule has 18 heavy (non-hydrogen) atoms. The van der Waals surface area contributed by atoms with Gasteiger partial charge in [-0.3, -0.25) is 0 Å². The van der Waals surface area contributed by atoms with E-state index in [0.29, 0.717) is 17.3 Å². The summed E-state index contributed by atoms with van der Waals surface area (Å²) in [5.74, 6) is 0.909. The van der Waals surface area contributed by atoms with E-state index in [1.54, 1.807) is 12.1 Å². The minimum atomic E-state index is -3.66. The molecule has 0 fully saturated rings. The molecule has 0 unspecified atom stereocenters. The fourth-order valence-electron chi connectivity index (χ4n) is 1.65. The molecule has 1 heterocycles. The highest BCUT2D eigenvalue weighted by atomic mass is 32.2. The molecule has 0 aliphatic carbocycles. The van der Waals surface area contributed by atoms with Gasteiger partial charge in [-0.25, -0.2) is 0 Å². The number of fused-ring (bicyclic) bond motifs is 1. The first-order valence-electron chi connectivity index (χ1n) is 5.55. The van der Waals surface area contributed by atoms with Crippen LogP contribution in [0.5, 0.6) is 5.75 Å². The minimum absolute atomic E-state index is 0.148. The Bertz CT molecular complexity index is 613. The largest absolute Gasteiger partial charge is 0.495 e. The SMILES string of the molecule is COc1cccc2c1NC(C(C)(C)C)=NS2(=O)=O. The second kappa shape index (κ2) is 3.98. The predicted octanol–water partition coefficient (Wildman–Crippen LogP) is 2.25. The molecule has 0 radical (unpaired) electrons. The quantitative estimate of drug-likeness (QED) is 0.848. The van der Waals surface area contributed by atoms with E-state index >= 15 is 0 Å². The van der Waals surface area contributed by atoms with Gasteiger partial charge in [0.1, 0.15) is 22.2 Å². The molecule has 1 aliphatic rings. The zero-order chi connectivity index (χ0) is 13.6. The number of nitrogens with zero attached hydrogens (tertiary/aromatic N) is 1. The Morgan fingerprint density at radius 2 is 1.94 bits per heavy atom. The van der Waals surface area contributed by atoms with Crippen molar-refractivity contribution in [3.8, 4) is 5.75 Å². The third-order valence-electron chi connectivity index (χ3n) is 2.65. The molecule has 5 nitrogen and oxygen atoms in total. The summed E-state index contributed by atoms with van der Waals surface area (Å²) in [4.78, 5) is 0.148. The van der Waals surface area contributed by atoms with Crippen LogP contribution in [0.3, 0.4) is 0 Å². The van der Waals surface area contributed by atoms with Gasteiger partial charge >= 0.3 is 0 Å². The van der Waals surface area contributed by atoms with Crippen LogP contribution in [0.15, 0.2) is 27.5 Å². The Morgan fingerprint density at radius 3 is 2.50 bits per heavy atom. The highest BCUT2D eigenvalue weighted by Gasteiger charge is 2.32. The van der Waals surface area contributed by atoms with Crippen LogP contribution in [0.4, 0.5) is 5.69 Å². The molecule has 0 saturated carbocycles. The van der Waals surface area contributed by atoms with Gasteiger partial charge in [0.25, 0.3) is 10.0 Å². The molecule has 1 aliphatic heterocycles. The first-order chi connectivity index (χ1) is 8.25. The van der Waals surface area contributed by atoms with Gasteiger partial charge in [-0.15, -0.1) is 4.40 Å². The molecule has 6 heteroatoms. The minimum Gasteiger partial charge on any atom is -0.495 e. The van der Waals surface area contributed by atoms with Gasteiger partial charge < -0.3 is 10.1 Å². The van der Waals surface area contributed by atoms with E-state index in [2.05, 4.69) is 9.71 Å². The third kappa shape index (κ3) is 2.08. The summed E-state index contributed by atoms with van der Waals surface area (Å²) < 4.78 is 33.2. The molecule has 0 spiro atoms. The van der Waals surface area contributed by atoms with Crippen LogP contribution in [-0.4, -0.2) is 21.4 Å². The number of amidine groups is 1. The number of benzene rings is 1. The van der Waals surface area contributed by atoms with E-state index in [-0.39, 0.29) is 10.3 Å². The van der Waals surface area contributed by atoms with Crippen molar-refractivity contribution < 1.29 is 13.2 Å². The van der Waals surface area contributed by atoms with Crippen molar-refractivity contribution in [3.63, 3.8) is 0 Å². The Hall–Kier alpha value is -1.56. The summed E-state index contributed by atoms with van der Waals surface area (Å²) in [6, 6.07) is 4.87. The molecule has 0 saturated heterocycles. The molecule has 1 N–H and O–H groups in total. The lowest BCUT2D eigenvalue weighted by atomic mass is 9.95. The average Bonchev–Trinajstić information content (AvgIpc) is 2.26. The van der Waals surface area contributed by atoms with E-state index in [1.165, 1.54) is 13.2 Å². The van der Waals surface area contributed by atoms with Gasteiger partial charge in [0.05, 0.1) is 7.11 Å². The van der Waals surface area contributed by atoms with Crippen LogP contribution in [0.2, 0.25) is 0 Å². The first kappa shape index (κ1) is 12.9. The third-order valence-corrected chi connectivity index (χ3v) is 3.97.